The molecule has 0 spiro atoms. The zero-order valence-electron chi connectivity index (χ0n) is 13.1. The van der Waals surface area contributed by atoms with Crippen LogP contribution >= 0.6 is 0 Å². The van der Waals surface area contributed by atoms with Gasteiger partial charge in [-0.2, -0.15) is 0 Å². The number of methoxy groups -OCH3 is 1. The number of aryl methyl sites for hydroxylation is 1. The van der Waals surface area contributed by atoms with Crippen molar-refractivity contribution in [2.75, 3.05) is 13.7 Å². The maximum atomic E-state index is 12.0. The van der Waals surface area contributed by atoms with Crippen molar-refractivity contribution in [3.8, 4) is 11.5 Å². The summed E-state index contributed by atoms with van der Waals surface area (Å²) in [5.41, 5.74) is 2.13. The maximum Gasteiger partial charge on any atom is 0.258 e. The van der Waals surface area contributed by atoms with Crippen molar-refractivity contribution in [3.05, 3.63) is 59.7 Å². The number of hydrogen-bond donors (Lipinski definition) is 1. The number of benzene rings is 2. The summed E-state index contributed by atoms with van der Waals surface area (Å²) in [4.78, 5) is 12.0. The molecule has 0 aliphatic rings. The average Bonchev–Trinajstić information content (AvgIpc) is 2.54. The highest BCUT2D eigenvalue weighted by Crippen LogP contribution is 2.27. The van der Waals surface area contributed by atoms with Crippen LogP contribution in [0.5, 0.6) is 11.5 Å². The summed E-state index contributed by atoms with van der Waals surface area (Å²) in [6, 6.07) is 15.4. The van der Waals surface area contributed by atoms with E-state index < -0.39 is 0 Å². The summed E-state index contributed by atoms with van der Waals surface area (Å²) < 4.78 is 10.8. The molecular weight excluding hydrogens is 278 g/mol. The first kappa shape index (κ1) is 15.9. The molecule has 0 aliphatic carbocycles. The van der Waals surface area contributed by atoms with Gasteiger partial charge in [0.1, 0.15) is 0 Å². The summed E-state index contributed by atoms with van der Waals surface area (Å²) in [6.07, 6.45) is 0. The number of carbonyl (C=O) groups excluding carboxylic acids is 1. The molecule has 0 fully saturated rings. The Morgan fingerprint density at radius 2 is 1.86 bits per heavy atom. The molecule has 2 aromatic rings. The second-order valence-corrected chi connectivity index (χ2v) is 5.14. The summed E-state index contributed by atoms with van der Waals surface area (Å²) >= 11 is 0. The molecule has 0 saturated carbocycles. The molecule has 1 N–H and O–H groups in total. The molecule has 22 heavy (non-hydrogen) atoms. The van der Waals surface area contributed by atoms with Gasteiger partial charge in [0, 0.05) is 0 Å². The predicted molar refractivity (Wildman–Crippen MR) is 86.2 cm³/mol. The Bertz CT molecular complexity index is 625. The molecule has 4 nitrogen and oxygen atoms in total. The van der Waals surface area contributed by atoms with Gasteiger partial charge in [-0.3, -0.25) is 4.79 Å². The number of ether oxygens (including phenoxy) is 2. The Morgan fingerprint density at radius 3 is 2.55 bits per heavy atom. The van der Waals surface area contributed by atoms with Crippen LogP contribution in [0, 0.1) is 6.92 Å². The Morgan fingerprint density at radius 1 is 1.14 bits per heavy atom. The van der Waals surface area contributed by atoms with Crippen molar-refractivity contribution < 1.29 is 14.3 Å². The molecule has 0 aromatic heterocycles. The lowest BCUT2D eigenvalue weighted by molar-refractivity contribution is -0.123. The van der Waals surface area contributed by atoms with Crippen molar-refractivity contribution in [1.29, 1.82) is 0 Å². The van der Waals surface area contributed by atoms with Crippen LogP contribution < -0.4 is 14.8 Å². The molecule has 0 unspecified atom stereocenters. The Hall–Kier alpha value is -2.49. The SMILES string of the molecule is COc1cc(C)ccc1OCC(=O)N[C@H](C)c1ccccc1. The van der Waals surface area contributed by atoms with Gasteiger partial charge < -0.3 is 14.8 Å². The van der Waals surface area contributed by atoms with E-state index >= 15 is 0 Å². The monoisotopic (exact) mass is 299 g/mol. The van der Waals surface area contributed by atoms with Crippen LogP contribution in [0.25, 0.3) is 0 Å². The third-order valence-corrected chi connectivity index (χ3v) is 3.35. The minimum absolute atomic E-state index is 0.0450. The van der Waals surface area contributed by atoms with Gasteiger partial charge in [0.15, 0.2) is 18.1 Å². The van der Waals surface area contributed by atoms with Crippen molar-refractivity contribution in [2.24, 2.45) is 0 Å². The molecule has 4 heteroatoms. The summed E-state index contributed by atoms with van der Waals surface area (Å²) in [6.45, 7) is 3.87. The van der Waals surface area contributed by atoms with Gasteiger partial charge in [0.05, 0.1) is 13.2 Å². The largest absolute Gasteiger partial charge is 0.493 e. The standard InChI is InChI=1S/C18H21NO3/c1-13-9-10-16(17(11-13)21-3)22-12-18(20)19-14(2)15-7-5-4-6-8-15/h4-11,14H,12H2,1-3H3,(H,19,20)/t14-/m1/s1. The molecule has 2 rings (SSSR count). The van der Waals surface area contributed by atoms with Crippen LogP contribution in [0.1, 0.15) is 24.1 Å². The van der Waals surface area contributed by atoms with Gasteiger partial charge in [-0.1, -0.05) is 36.4 Å². The van der Waals surface area contributed by atoms with Crippen LogP contribution in [0.2, 0.25) is 0 Å². The van der Waals surface area contributed by atoms with Gasteiger partial charge >= 0.3 is 0 Å². The highest BCUT2D eigenvalue weighted by Gasteiger charge is 2.11. The normalized spacial score (nSPS) is 11.6. The number of hydrogen-bond acceptors (Lipinski definition) is 3. The van der Waals surface area contributed by atoms with E-state index in [-0.39, 0.29) is 18.6 Å². The van der Waals surface area contributed by atoms with E-state index in [2.05, 4.69) is 5.32 Å². The Labute approximate surface area is 131 Å². The first-order chi connectivity index (χ1) is 10.6. The van der Waals surface area contributed by atoms with Crippen molar-refractivity contribution in [2.45, 2.75) is 19.9 Å². The second-order valence-electron chi connectivity index (χ2n) is 5.14. The zero-order valence-corrected chi connectivity index (χ0v) is 13.1. The lowest BCUT2D eigenvalue weighted by Crippen LogP contribution is -2.31. The van der Waals surface area contributed by atoms with E-state index in [4.69, 9.17) is 9.47 Å². The number of rotatable bonds is 6. The maximum absolute atomic E-state index is 12.0. The average molecular weight is 299 g/mol. The predicted octanol–water partition coefficient (Wildman–Crippen LogP) is 3.26. The lowest BCUT2D eigenvalue weighted by Gasteiger charge is -2.15. The molecule has 1 atom stereocenters. The molecule has 0 bridgehead atoms. The topological polar surface area (TPSA) is 47.6 Å². The highest BCUT2D eigenvalue weighted by atomic mass is 16.5. The summed E-state index contributed by atoms with van der Waals surface area (Å²) in [5, 5.41) is 2.91. The van der Waals surface area contributed by atoms with Crippen LogP contribution in [0.15, 0.2) is 48.5 Å². The van der Waals surface area contributed by atoms with Gasteiger partial charge in [0.2, 0.25) is 0 Å². The Balaban J connectivity index is 1.90. The fourth-order valence-electron chi connectivity index (χ4n) is 2.15. The molecule has 2 aromatic carbocycles. The van der Waals surface area contributed by atoms with Crippen molar-refractivity contribution in [1.82, 2.24) is 5.32 Å². The molecule has 0 radical (unpaired) electrons. The van der Waals surface area contributed by atoms with Gasteiger partial charge in [0.25, 0.3) is 5.91 Å². The van der Waals surface area contributed by atoms with E-state index in [1.54, 1.807) is 7.11 Å². The molecule has 116 valence electrons. The van der Waals surface area contributed by atoms with E-state index in [0.29, 0.717) is 11.5 Å². The summed E-state index contributed by atoms with van der Waals surface area (Å²) in [7, 11) is 1.58. The smallest absolute Gasteiger partial charge is 0.258 e. The third-order valence-electron chi connectivity index (χ3n) is 3.35. The number of amides is 1. The zero-order chi connectivity index (χ0) is 15.9. The van der Waals surface area contributed by atoms with Gasteiger partial charge in [-0.15, -0.1) is 0 Å². The molecular formula is C18H21NO3. The van der Waals surface area contributed by atoms with E-state index in [9.17, 15) is 4.79 Å². The molecule has 0 heterocycles. The quantitative estimate of drug-likeness (QED) is 0.890. The minimum Gasteiger partial charge on any atom is -0.493 e. The molecule has 1 amide bonds. The summed E-state index contributed by atoms with van der Waals surface area (Å²) in [5.74, 6) is 1.03. The second kappa shape index (κ2) is 7.50. The van der Waals surface area contributed by atoms with E-state index in [1.165, 1.54) is 0 Å². The van der Waals surface area contributed by atoms with E-state index in [1.807, 2.05) is 62.4 Å². The first-order valence-corrected chi connectivity index (χ1v) is 7.22. The van der Waals surface area contributed by atoms with Crippen LogP contribution in [0.3, 0.4) is 0 Å². The van der Waals surface area contributed by atoms with E-state index in [0.717, 1.165) is 11.1 Å². The molecule has 0 aliphatic heterocycles. The molecule has 0 saturated heterocycles. The fourth-order valence-corrected chi connectivity index (χ4v) is 2.15. The van der Waals surface area contributed by atoms with Gasteiger partial charge in [-0.05, 0) is 37.1 Å². The number of nitrogens with one attached hydrogen (secondary N) is 1. The van der Waals surface area contributed by atoms with Crippen LogP contribution in [-0.2, 0) is 4.79 Å². The Kier molecular flexibility index (Phi) is 5.42. The number of carbonyl (C=O) groups is 1. The highest BCUT2D eigenvalue weighted by molar-refractivity contribution is 5.78. The van der Waals surface area contributed by atoms with Crippen molar-refractivity contribution >= 4 is 5.91 Å². The fraction of sp³-hybridized carbons (Fsp3) is 0.278. The lowest BCUT2D eigenvalue weighted by atomic mass is 10.1. The third kappa shape index (κ3) is 4.25. The van der Waals surface area contributed by atoms with Crippen LogP contribution in [-0.4, -0.2) is 19.6 Å². The minimum atomic E-state index is -0.168. The van der Waals surface area contributed by atoms with Crippen LogP contribution in [0.4, 0.5) is 0 Å². The van der Waals surface area contributed by atoms with Gasteiger partial charge in [-0.25, -0.2) is 0 Å². The van der Waals surface area contributed by atoms with Crippen molar-refractivity contribution in [3.63, 3.8) is 0 Å². The first-order valence-electron chi connectivity index (χ1n) is 7.22.